The van der Waals surface area contributed by atoms with Crippen LogP contribution in [0.1, 0.15) is 20.3 Å². The van der Waals surface area contributed by atoms with Gasteiger partial charge in [0, 0.05) is 23.9 Å². The molecule has 0 radical (unpaired) electrons. The number of carbonyl (C=O) groups excluding carboxylic acids is 1. The second kappa shape index (κ2) is 7.11. The van der Waals surface area contributed by atoms with Crippen LogP contribution in [0.3, 0.4) is 0 Å². The van der Waals surface area contributed by atoms with Crippen LogP contribution in [0.4, 0.5) is 0 Å². The zero-order valence-corrected chi connectivity index (χ0v) is 14.1. The fourth-order valence-electron chi connectivity index (χ4n) is 2.77. The summed E-state index contributed by atoms with van der Waals surface area (Å²) in [5, 5.41) is 11.1. The van der Waals surface area contributed by atoms with E-state index in [1.165, 1.54) is 6.07 Å². The Kier molecular flexibility index (Phi) is 4.90. The minimum Gasteiger partial charge on any atom is -0.489 e. The highest BCUT2D eigenvalue weighted by molar-refractivity contribution is 5.77. The summed E-state index contributed by atoms with van der Waals surface area (Å²) >= 11 is 0. The van der Waals surface area contributed by atoms with Gasteiger partial charge in [0.25, 0.3) is 0 Å². The molecule has 6 nitrogen and oxygen atoms in total. The van der Waals surface area contributed by atoms with Crippen molar-refractivity contribution in [3.05, 3.63) is 52.4 Å². The molecule has 3 unspecified atom stereocenters. The molecule has 0 aliphatic carbocycles. The summed E-state index contributed by atoms with van der Waals surface area (Å²) in [6.07, 6.45) is 0.906. The normalized spacial score (nSPS) is 22.0. The Morgan fingerprint density at radius 3 is 2.84 bits per heavy atom. The second-order valence-corrected chi connectivity index (χ2v) is 6.27. The number of rotatable bonds is 5. The number of esters is 1. The van der Waals surface area contributed by atoms with E-state index in [0.717, 1.165) is 5.39 Å². The first-order valence-electron chi connectivity index (χ1n) is 8.16. The SMILES string of the molecule is CC(=CCOc1ccc2ccc(=O)oc2c1)C(O)C1CC(C)C(=O)O1. The summed E-state index contributed by atoms with van der Waals surface area (Å²) in [6.45, 7) is 3.79. The van der Waals surface area contributed by atoms with Crippen LogP contribution in [0.25, 0.3) is 11.0 Å². The lowest BCUT2D eigenvalue weighted by Crippen LogP contribution is -2.27. The van der Waals surface area contributed by atoms with Crippen molar-refractivity contribution < 1.29 is 23.8 Å². The molecule has 3 atom stereocenters. The van der Waals surface area contributed by atoms with E-state index in [0.29, 0.717) is 23.3 Å². The van der Waals surface area contributed by atoms with Gasteiger partial charge in [0.1, 0.15) is 30.1 Å². The smallest absolute Gasteiger partial charge is 0.336 e. The molecule has 1 aliphatic heterocycles. The molecule has 2 aromatic rings. The minimum atomic E-state index is -0.841. The summed E-state index contributed by atoms with van der Waals surface area (Å²) < 4.78 is 15.9. The Hall–Kier alpha value is -2.60. The Bertz CT molecular complexity index is 866. The fraction of sp³-hybridized carbons (Fsp3) is 0.368. The van der Waals surface area contributed by atoms with E-state index >= 15 is 0 Å². The van der Waals surface area contributed by atoms with Crippen LogP contribution >= 0.6 is 0 Å². The summed E-state index contributed by atoms with van der Waals surface area (Å²) in [5.41, 5.74) is 0.723. The number of aliphatic hydroxyl groups excluding tert-OH is 1. The summed E-state index contributed by atoms with van der Waals surface area (Å²) in [5.74, 6) is 0.100. The van der Waals surface area contributed by atoms with E-state index in [4.69, 9.17) is 13.9 Å². The molecule has 6 heteroatoms. The minimum absolute atomic E-state index is 0.184. The van der Waals surface area contributed by atoms with Crippen LogP contribution in [0.5, 0.6) is 5.75 Å². The highest BCUT2D eigenvalue weighted by Gasteiger charge is 2.36. The van der Waals surface area contributed by atoms with E-state index in [1.807, 2.05) is 0 Å². The monoisotopic (exact) mass is 344 g/mol. The first kappa shape index (κ1) is 17.2. The van der Waals surface area contributed by atoms with Crippen molar-refractivity contribution in [2.24, 2.45) is 5.92 Å². The van der Waals surface area contributed by atoms with Crippen LogP contribution in [0.2, 0.25) is 0 Å². The second-order valence-electron chi connectivity index (χ2n) is 6.27. The van der Waals surface area contributed by atoms with E-state index in [2.05, 4.69) is 0 Å². The topological polar surface area (TPSA) is 86.0 Å². The Morgan fingerprint density at radius 2 is 2.12 bits per heavy atom. The van der Waals surface area contributed by atoms with Gasteiger partial charge >= 0.3 is 11.6 Å². The Balaban J connectivity index is 1.62. The number of cyclic esters (lactones) is 1. The van der Waals surface area contributed by atoms with Crippen molar-refractivity contribution in [2.75, 3.05) is 6.61 Å². The maximum Gasteiger partial charge on any atom is 0.336 e. The van der Waals surface area contributed by atoms with Gasteiger partial charge in [-0.15, -0.1) is 0 Å². The predicted octanol–water partition coefficient (Wildman–Crippen LogP) is 2.43. The van der Waals surface area contributed by atoms with Crippen LogP contribution in [0.15, 0.2) is 51.2 Å². The molecule has 3 rings (SSSR count). The lowest BCUT2D eigenvalue weighted by molar-refractivity contribution is -0.146. The van der Waals surface area contributed by atoms with Gasteiger partial charge in [0.05, 0.1) is 5.92 Å². The molecular formula is C19H20O6. The molecular weight excluding hydrogens is 324 g/mol. The molecule has 1 aromatic heterocycles. The Morgan fingerprint density at radius 1 is 1.36 bits per heavy atom. The number of ether oxygens (including phenoxy) is 2. The highest BCUT2D eigenvalue weighted by Crippen LogP contribution is 2.26. The number of aliphatic hydroxyl groups is 1. The van der Waals surface area contributed by atoms with Gasteiger partial charge < -0.3 is 19.0 Å². The maximum absolute atomic E-state index is 11.4. The molecule has 1 N–H and O–H groups in total. The van der Waals surface area contributed by atoms with Crippen LogP contribution < -0.4 is 10.4 Å². The molecule has 0 saturated carbocycles. The molecule has 0 amide bonds. The molecule has 1 aliphatic rings. The maximum atomic E-state index is 11.4. The zero-order chi connectivity index (χ0) is 18.0. The van der Waals surface area contributed by atoms with Crippen molar-refractivity contribution in [2.45, 2.75) is 32.5 Å². The average molecular weight is 344 g/mol. The zero-order valence-electron chi connectivity index (χ0n) is 14.1. The highest BCUT2D eigenvalue weighted by atomic mass is 16.6. The van der Waals surface area contributed by atoms with Crippen molar-refractivity contribution in [1.29, 1.82) is 0 Å². The predicted molar refractivity (Wildman–Crippen MR) is 91.4 cm³/mol. The van der Waals surface area contributed by atoms with Gasteiger partial charge in [-0.05, 0) is 36.8 Å². The van der Waals surface area contributed by atoms with E-state index in [-0.39, 0.29) is 18.5 Å². The number of hydrogen-bond donors (Lipinski definition) is 1. The number of fused-ring (bicyclic) bond motifs is 1. The van der Waals surface area contributed by atoms with Gasteiger partial charge in [-0.3, -0.25) is 4.79 Å². The molecule has 25 heavy (non-hydrogen) atoms. The quantitative estimate of drug-likeness (QED) is 0.509. The number of benzene rings is 1. The van der Waals surface area contributed by atoms with E-state index < -0.39 is 17.8 Å². The van der Waals surface area contributed by atoms with Crippen molar-refractivity contribution in [3.8, 4) is 5.75 Å². The lowest BCUT2D eigenvalue weighted by atomic mass is 9.99. The third-order valence-electron chi connectivity index (χ3n) is 4.32. The van der Waals surface area contributed by atoms with Gasteiger partial charge in [0.15, 0.2) is 0 Å². The van der Waals surface area contributed by atoms with Crippen LogP contribution in [-0.4, -0.2) is 29.9 Å². The standard InChI is InChI=1S/C19H20O6/c1-11(18(21)16-9-12(2)19(22)25-16)7-8-23-14-5-3-13-4-6-17(20)24-15(13)10-14/h3-7,10,12,16,18,21H,8-9H2,1-2H3. The first-order chi connectivity index (χ1) is 11.9. The molecule has 1 fully saturated rings. The Labute approximate surface area is 144 Å². The summed E-state index contributed by atoms with van der Waals surface area (Å²) in [6, 6.07) is 8.29. The molecule has 2 heterocycles. The number of hydrogen-bond acceptors (Lipinski definition) is 6. The van der Waals surface area contributed by atoms with Crippen molar-refractivity contribution in [3.63, 3.8) is 0 Å². The third kappa shape index (κ3) is 3.91. The molecule has 0 spiro atoms. The van der Waals surface area contributed by atoms with E-state index in [1.54, 1.807) is 44.2 Å². The van der Waals surface area contributed by atoms with Gasteiger partial charge in [-0.25, -0.2) is 4.79 Å². The molecule has 1 saturated heterocycles. The summed E-state index contributed by atoms with van der Waals surface area (Å²) in [7, 11) is 0. The fourth-order valence-corrected chi connectivity index (χ4v) is 2.77. The average Bonchev–Trinajstić information content (AvgIpc) is 2.92. The first-order valence-corrected chi connectivity index (χ1v) is 8.16. The third-order valence-corrected chi connectivity index (χ3v) is 4.32. The molecule has 1 aromatic carbocycles. The van der Waals surface area contributed by atoms with Crippen LogP contribution in [-0.2, 0) is 9.53 Å². The van der Waals surface area contributed by atoms with Gasteiger partial charge in [-0.2, -0.15) is 0 Å². The largest absolute Gasteiger partial charge is 0.489 e. The van der Waals surface area contributed by atoms with Crippen molar-refractivity contribution in [1.82, 2.24) is 0 Å². The molecule has 132 valence electrons. The number of carbonyl (C=O) groups is 1. The van der Waals surface area contributed by atoms with Crippen LogP contribution in [0, 0.1) is 5.92 Å². The van der Waals surface area contributed by atoms with Crippen molar-refractivity contribution >= 4 is 16.9 Å². The molecule has 0 bridgehead atoms. The van der Waals surface area contributed by atoms with Gasteiger partial charge in [-0.1, -0.05) is 6.92 Å². The van der Waals surface area contributed by atoms with Gasteiger partial charge in [0.2, 0.25) is 0 Å². The summed E-state index contributed by atoms with van der Waals surface area (Å²) in [4.78, 5) is 22.7. The lowest BCUT2D eigenvalue weighted by Gasteiger charge is -2.17. The van der Waals surface area contributed by atoms with E-state index in [9.17, 15) is 14.7 Å².